The van der Waals surface area contributed by atoms with Gasteiger partial charge in [0.15, 0.2) is 0 Å². The lowest BCUT2D eigenvalue weighted by molar-refractivity contribution is -0.160. The zero-order valence-electron chi connectivity index (χ0n) is 21.9. The summed E-state index contributed by atoms with van der Waals surface area (Å²) < 4.78 is 21.7. The van der Waals surface area contributed by atoms with E-state index in [0.29, 0.717) is 16.8 Å². The Balaban J connectivity index is 1.77. The minimum atomic E-state index is -0.793. The van der Waals surface area contributed by atoms with E-state index in [1.165, 1.54) is 12.1 Å². The second-order valence-corrected chi connectivity index (χ2v) is 10.1. The zero-order chi connectivity index (χ0) is 27.5. The highest BCUT2D eigenvalue weighted by atomic mass is 19.1. The van der Waals surface area contributed by atoms with Crippen LogP contribution in [0.25, 0.3) is 22.4 Å². The van der Waals surface area contributed by atoms with Crippen LogP contribution < -0.4 is 5.32 Å². The van der Waals surface area contributed by atoms with Gasteiger partial charge in [-0.1, -0.05) is 62.4 Å². The molecule has 0 spiro atoms. The molecule has 200 valence electrons. The van der Waals surface area contributed by atoms with E-state index in [-0.39, 0.29) is 37.0 Å². The fourth-order valence-corrected chi connectivity index (χ4v) is 5.34. The number of carbonyl (C=O) groups excluding carboxylic acids is 2. The van der Waals surface area contributed by atoms with Gasteiger partial charge in [-0.2, -0.15) is 0 Å². The van der Waals surface area contributed by atoms with E-state index in [2.05, 4.69) is 5.32 Å². The predicted molar refractivity (Wildman–Crippen MR) is 149 cm³/mol. The molecule has 1 aliphatic rings. The Morgan fingerprint density at radius 1 is 1.00 bits per heavy atom. The van der Waals surface area contributed by atoms with E-state index in [9.17, 15) is 19.1 Å². The number of aliphatic hydroxyl groups is 1. The van der Waals surface area contributed by atoms with Crippen molar-refractivity contribution < 1.29 is 23.8 Å². The third-order valence-electron chi connectivity index (χ3n) is 6.91. The van der Waals surface area contributed by atoms with E-state index < -0.39 is 18.2 Å². The highest BCUT2D eigenvalue weighted by Gasteiger charge is 2.34. The lowest BCUT2D eigenvalue weighted by atomic mass is 9.94. The van der Waals surface area contributed by atoms with Crippen LogP contribution in [-0.4, -0.2) is 33.8 Å². The molecule has 2 atom stereocenters. The molecule has 1 aromatic heterocycles. The Morgan fingerprint density at radius 2 is 1.64 bits per heavy atom. The molecule has 2 N–H and O–H groups in total. The second-order valence-electron chi connectivity index (χ2n) is 10.1. The highest BCUT2D eigenvalue weighted by Crippen LogP contribution is 2.43. The first kappa shape index (κ1) is 26.4. The van der Waals surface area contributed by atoms with Crippen LogP contribution in [0.15, 0.2) is 84.9 Å². The van der Waals surface area contributed by atoms with E-state index in [4.69, 9.17) is 4.74 Å². The Morgan fingerprint density at radius 3 is 2.26 bits per heavy atom. The van der Waals surface area contributed by atoms with Crippen LogP contribution in [0.5, 0.6) is 0 Å². The predicted octanol–water partition coefficient (Wildman–Crippen LogP) is 6.40. The summed E-state index contributed by atoms with van der Waals surface area (Å²) in [5, 5.41) is 13.3. The van der Waals surface area contributed by atoms with Crippen molar-refractivity contribution in [1.82, 2.24) is 4.57 Å². The number of nitrogens with zero attached hydrogens (tertiary/aromatic N) is 1. The number of ether oxygens (including phenoxy) is 1. The molecule has 0 aliphatic carbocycles. The molecule has 1 fully saturated rings. The molecule has 0 radical (unpaired) electrons. The first-order valence-corrected chi connectivity index (χ1v) is 13.1. The number of cyclic esters (lactones) is 1. The number of para-hydroxylation sites is 1. The standard InChI is InChI=1S/C32H31FN2O4/c1-20(2)30-29(32(38)34-24-11-7-4-8-12-24)28(21-9-5-3-6-10-21)31(22-13-15-23(33)16-14-22)35(30)19-26-17-25(36)18-27(37)39-26/h3-16,20,25-26,36H,17-19H2,1-2H3,(H,34,38)/t25-,26+/m1/s1. The topological polar surface area (TPSA) is 80.6 Å². The van der Waals surface area contributed by atoms with Gasteiger partial charge in [0.1, 0.15) is 11.9 Å². The summed E-state index contributed by atoms with van der Waals surface area (Å²) in [5.74, 6) is -1.19. The van der Waals surface area contributed by atoms with Crippen molar-refractivity contribution in [2.45, 2.75) is 51.4 Å². The summed E-state index contributed by atoms with van der Waals surface area (Å²) in [6.07, 6.45) is -1.13. The fraction of sp³-hybridized carbons (Fsp3) is 0.250. The lowest BCUT2D eigenvalue weighted by Crippen LogP contribution is -2.35. The average molecular weight is 527 g/mol. The van der Waals surface area contributed by atoms with E-state index in [1.54, 1.807) is 12.1 Å². The maximum atomic E-state index is 14.1. The molecule has 6 nitrogen and oxygen atoms in total. The number of esters is 1. The van der Waals surface area contributed by atoms with Crippen molar-refractivity contribution in [2.24, 2.45) is 0 Å². The normalized spacial score (nSPS) is 17.2. The molecule has 39 heavy (non-hydrogen) atoms. The van der Waals surface area contributed by atoms with Crippen molar-refractivity contribution >= 4 is 17.6 Å². The van der Waals surface area contributed by atoms with Crippen LogP contribution in [-0.2, 0) is 16.1 Å². The van der Waals surface area contributed by atoms with Gasteiger partial charge < -0.3 is 19.7 Å². The van der Waals surface area contributed by atoms with E-state index >= 15 is 0 Å². The molecule has 1 amide bonds. The van der Waals surface area contributed by atoms with Crippen LogP contribution in [0.4, 0.5) is 10.1 Å². The minimum Gasteiger partial charge on any atom is -0.460 e. The number of aliphatic hydroxyl groups excluding tert-OH is 1. The van der Waals surface area contributed by atoms with Crippen LogP contribution in [0.3, 0.4) is 0 Å². The summed E-state index contributed by atoms with van der Waals surface area (Å²) in [6, 6.07) is 25.0. The molecule has 5 rings (SSSR count). The molecule has 7 heteroatoms. The number of halogens is 1. The van der Waals surface area contributed by atoms with Crippen LogP contribution in [0.1, 0.15) is 48.7 Å². The molecular formula is C32H31FN2O4. The monoisotopic (exact) mass is 526 g/mol. The highest BCUT2D eigenvalue weighted by molar-refractivity contribution is 6.12. The maximum absolute atomic E-state index is 14.1. The molecule has 0 unspecified atom stereocenters. The molecule has 2 heterocycles. The Hall–Kier alpha value is -4.23. The number of carbonyl (C=O) groups is 2. The van der Waals surface area contributed by atoms with Crippen molar-refractivity contribution in [3.63, 3.8) is 0 Å². The summed E-state index contributed by atoms with van der Waals surface area (Å²) in [6.45, 7) is 4.26. The minimum absolute atomic E-state index is 0.0377. The lowest BCUT2D eigenvalue weighted by Gasteiger charge is -2.28. The zero-order valence-corrected chi connectivity index (χ0v) is 21.9. The van der Waals surface area contributed by atoms with Gasteiger partial charge >= 0.3 is 5.97 Å². The number of amides is 1. The van der Waals surface area contributed by atoms with E-state index in [1.807, 2.05) is 79.1 Å². The van der Waals surface area contributed by atoms with Crippen molar-refractivity contribution in [1.29, 1.82) is 0 Å². The summed E-state index contributed by atoms with van der Waals surface area (Å²) in [4.78, 5) is 26.3. The van der Waals surface area contributed by atoms with Gasteiger partial charge in [-0.3, -0.25) is 9.59 Å². The number of hydrogen-bond acceptors (Lipinski definition) is 4. The largest absolute Gasteiger partial charge is 0.460 e. The molecule has 3 aromatic carbocycles. The van der Waals surface area contributed by atoms with Gasteiger partial charge in [0.05, 0.1) is 30.3 Å². The van der Waals surface area contributed by atoms with Crippen molar-refractivity contribution in [3.8, 4) is 22.4 Å². The number of aromatic nitrogens is 1. The average Bonchev–Trinajstić information content (AvgIpc) is 3.24. The van der Waals surface area contributed by atoms with Gasteiger partial charge in [-0.15, -0.1) is 0 Å². The number of nitrogens with one attached hydrogen (secondary N) is 1. The van der Waals surface area contributed by atoms with Gasteiger partial charge in [-0.25, -0.2) is 4.39 Å². The molecule has 0 bridgehead atoms. The van der Waals surface area contributed by atoms with Crippen molar-refractivity contribution in [2.75, 3.05) is 5.32 Å². The summed E-state index contributed by atoms with van der Waals surface area (Å²) >= 11 is 0. The molecular weight excluding hydrogens is 495 g/mol. The third-order valence-corrected chi connectivity index (χ3v) is 6.91. The number of anilines is 1. The Labute approximate surface area is 227 Å². The van der Waals surface area contributed by atoms with Crippen LogP contribution >= 0.6 is 0 Å². The molecule has 1 saturated heterocycles. The second kappa shape index (κ2) is 11.3. The summed E-state index contributed by atoms with van der Waals surface area (Å²) in [7, 11) is 0. The smallest absolute Gasteiger partial charge is 0.308 e. The van der Waals surface area contributed by atoms with Crippen molar-refractivity contribution in [3.05, 3.63) is 102 Å². The first-order chi connectivity index (χ1) is 18.8. The number of benzene rings is 3. The Bertz CT molecular complexity index is 1460. The Kier molecular flexibility index (Phi) is 7.61. The number of rotatable bonds is 7. The van der Waals surface area contributed by atoms with Crippen LogP contribution in [0, 0.1) is 5.82 Å². The molecule has 0 saturated carbocycles. The SMILES string of the molecule is CC(C)c1c(C(=O)Nc2ccccc2)c(-c2ccccc2)c(-c2ccc(F)cc2)n1C[C@@H]1C[C@@H](O)CC(=O)O1. The number of hydrogen-bond donors (Lipinski definition) is 2. The molecule has 4 aromatic rings. The van der Waals surface area contributed by atoms with Crippen LogP contribution in [0.2, 0.25) is 0 Å². The van der Waals surface area contributed by atoms with Gasteiger partial charge in [0.2, 0.25) is 0 Å². The molecule has 1 aliphatic heterocycles. The quantitative estimate of drug-likeness (QED) is 0.273. The van der Waals surface area contributed by atoms with Gasteiger partial charge in [-0.05, 0) is 53.4 Å². The third kappa shape index (κ3) is 5.64. The first-order valence-electron chi connectivity index (χ1n) is 13.1. The van der Waals surface area contributed by atoms with Gasteiger partial charge in [0, 0.05) is 23.4 Å². The fourth-order valence-electron chi connectivity index (χ4n) is 5.34. The summed E-state index contributed by atoms with van der Waals surface area (Å²) in [5.41, 5.74) is 4.91. The maximum Gasteiger partial charge on any atom is 0.308 e. The van der Waals surface area contributed by atoms with E-state index in [0.717, 1.165) is 22.5 Å². The van der Waals surface area contributed by atoms with Gasteiger partial charge in [0.25, 0.3) is 5.91 Å².